The molecule has 0 aliphatic heterocycles. The van der Waals surface area contributed by atoms with Gasteiger partial charge in [-0.1, -0.05) is 56.1 Å². The van der Waals surface area contributed by atoms with E-state index in [1.54, 1.807) is 0 Å². The third kappa shape index (κ3) is 6.63. The first-order chi connectivity index (χ1) is 6.35. The van der Waals surface area contributed by atoms with Crippen molar-refractivity contribution in [2.24, 2.45) is 0 Å². The quantitative estimate of drug-likeness (QED) is 0.636. The van der Waals surface area contributed by atoms with Crippen molar-refractivity contribution in [2.75, 3.05) is 0 Å². The van der Waals surface area contributed by atoms with Crippen molar-refractivity contribution in [2.45, 2.75) is 0 Å². The van der Waals surface area contributed by atoms with Gasteiger partial charge in [-0.05, 0) is 5.56 Å². The average molecular weight is 174 g/mol. The predicted octanol–water partition coefficient (Wildman–Crippen LogP) is 3.62. The monoisotopic (exact) mass is 174 g/mol. The number of hydrogen-bond acceptors (Lipinski definition) is 1. The highest BCUT2D eigenvalue weighted by Crippen LogP contribution is 1.97. The molecule has 1 aromatic rings. The Bertz CT molecular complexity index is 243. The molecule has 0 heterocycles. The smallest absolute Gasteiger partial charge is 0.0829 e. The van der Waals surface area contributed by atoms with Gasteiger partial charge in [-0.2, -0.15) is 0 Å². The van der Waals surface area contributed by atoms with E-state index in [0.717, 1.165) is 0 Å². The van der Waals surface area contributed by atoms with Crippen molar-refractivity contribution in [1.29, 1.82) is 0 Å². The van der Waals surface area contributed by atoms with Crippen LogP contribution in [-0.2, 0) is 4.74 Å². The normalized spacial score (nSPS) is 7.38. The summed E-state index contributed by atoms with van der Waals surface area (Å²) in [5, 5.41) is 0. The number of rotatable bonds is 3. The fourth-order valence-corrected chi connectivity index (χ4v) is 0.657. The molecular weight excluding hydrogens is 160 g/mol. The first kappa shape index (κ1) is 11.2. The standard InChI is InChI=1S/C8H8.C4H6O/c1-2-8-6-4-3-5-7-8;1-3-5-4-2/h2-7H,1H2;3-4H,1-2H2. The Morgan fingerprint density at radius 1 is 0.923 bits per heavy atom. The van der Waals surface area contributed by atoms with Crippen molar-refractivity contribution >= 4 is 6.08 Å². The van der Waals surface area contributed by atoms with Crippen LogP contribution in [0.2, 0.25) is 0 Å². The summed E-state index contributed by atoms with van der Waals surface area (Å²) in [5.41, 5.74) is 1.17. The van der Waals surface area contributed by atoms with Crippen LogP contribution in [-0.4, -0.2) is 0 Å². The summed E-state index contributed by atoms with van der Waals surface area (Å²) < 4.78 is 4.36. The van der Waals surface area contributed by atoms with Crippen molar-refractivity contribution in [1.82, 2.24) is 0 Å². The summed E-state index contributed by atoms with van der Waals surface area (Å²) in [4.78, 5) is 0. The fourth-order valence-electron chi connectivity index (χ4n) is 0.657. The zero-order valence-electron chi connectivity index (χ0n) is 7.65. The molecule has 13 heavy (non-hydrogen) atoms. The molecular formula is C12H14O. The Labute approximate surface area is 79.7 Å². The summed E-state index contributed by atoms with van der Waals surface area (Å²) in [5.74, 6) is 0. The number of benzene rings is 1. The lowest BCUT2D eigenvalue weighted by atomic mass is 10.2. The van der Waals surface area contributed by atoms with Gasteiger partial charge in [0.05, 0.1) is 12.5 Å². The van der Waals surface area contributed by atoms with E-state index in [1.807, 2.05) is 36.4 Å². The molecule has 0 saturated carbocycles. The fraction of sp³-hybridized carbons (Fsp3) is 0. The van der Waals surface area contributed by atoms with Gasteiger partial charge in [-0.3, -0.25) is 0 Å². The molecule has 0 atom stereocenters. The Morgan fingerprint density at radius 2 is 1.46 bits per heavy atom. The van der Waals surface area contributed by atoms with Gasteiger partial charge in [-0.15, -0.1) is 0 Å². The van der Waals surface area contributed by atoms with E-state index in [2.05, 4.69) is 24.5 Å². The maximum atomic E-state index is 4.36. The Kier molecular flexibility index (Phi) is 7.21. The SMILES string of the molecule is C=COC=C.C=Cc1ccccc1. The van der Waals surface area contributed by atoms with Crippen LogP contribution >= 0.6 is 0 Å². The van der Waals surface area contributed by atoms with Crippen molar-refractivity contribution in [3.05, 3.63) is 68.2 Å². The lowest BCUT2D eigenvalue weighted by molar-refractivity contribution is 0.406. The Morgan fingerprint density at radius 3 is 1.69 bits per heavy atom. The number of hydrogen-bond donors (Lipinski definition) is 0. The number of ether oxygens (including phenoxy) is 1. The van der Waals surface area contributed by atoms with Gasteiger partial charge in [-0.25, -0.2) is 0 Å². The van der Waals surface area contributed by atoms with Crippen LogP contribution in [0, 0.1) is 0 Å². The molecule has 0 aliphatic rings. The summed E-state index contributed by atoms with van der Waals surface area (Å²) in [6.07, 6.45) is 4.46. The van der Waals surface area contributed by atoms with Crippen LogP contribution in [0.25, 0.3) is 6.08 Å². The molecule has 0 N–H and O–H groups in total. The topological polar surface area (TPSA) is 9.23 Å². The zero-order valence-corrected chi connectivity index (χ0v) is 7.65. The molecule has 0 fully saturated rings. The van der Waals surface area contributed by atoms with Gasteiger partial charge in [0.25, 0.3) is 0 Å². The van der Waals surface area contributed by atoms with Crippen molar-refractivity contribution in [3.8, 4) is 0 Å². The molecule has 68 valence electrons. The van der Waals surface area contributed by atoms with Gasteiger partial charge in [0.15, 0.2) is 0 Å². The molecule has 0 spiro atoms. The van der Waals surface area contributed by atoms with E-state index in [-0.39, 0.29) is 0 Å². The average Bonchev–Trinajstić information content (AvgIpc) is 2.21. The summed E-state index contributed by atoms with van der Waals surface area (Å²) in [7, 11) is 0. The lowest BCUT2D eigenvalue weighted by Gasteiger charge is -1.85. The van der Waals surface area contributed by atoms with E-state index < -0.39 is 0 Å². The summed E-state index contributed by atoms with van der Waals surface area (Å²) >= 11 is 0. The van der Waals surface area contributed by atoms with E-state index in [0.29, 0.717) is 0 Å². The first-order valence-corrected chi connectivity index (χ1v) is 3.90. The highest BCUT2D eigenvalue weighted by atomic mass is 16.5. The summed E-state index contributed by atoms with van der Waals surface area (Å²) in [6, 6.07) is 10.0. The van der Waals surface area contributed by atoms with E-state index >= 15 is 0 Å². The van der Waals surface area contributed by atoms with Crippen LogP contribution in [0.1, 0.15) is 5.56 Å². The van der Waals surface area contributed by atoms with Gasteiger partial charge in [0, 0.05) is 0 Å². The third-order valence-corrected chi connectivity index (χ3v) is 1.23. The molecule has 0 aliphatic carbocycles. The summed E-state index contributed by atoms with van der Waals surface area (Å²) in [6.45, 7) is 10.1. The molecule has 0 radical (unpaired) electrons. The van der Waals surface area contributed by atoms with E-state index in [4.69, 9.17) is 0 Å². The minimum atomic E-state index is 1.17. The second kappa shape index (κ2) is 8.34. The molecule has 1 heteroatoms. The van der Waals surface area contributed by atoms with Crippen LogP contribution in [0.4, 0.5) is 0 Å². The van der Waals surface area contributed by atoms with Gasteiger partial charge < -0.3 is 4.74 Å². The predicted molar refractivity (Wildman–Crippen MR) is 58.0 cm³/mol. The van der Waals surface area contributed by atoms with Gasteiger partial charge >= 0.3 is 0 Å². The zero-order chi connectivity index (χ0) is 9.94. The van der Waals surface area contributed by atoms with Gasteiger partial charge in [0.1, 0.15) is 0 Å². The lowest BCUT2D eigenvalue weighted by Crippen LogP contribution is -1.63. The van der Waals surface area contributed by atoms with Crippen LogP contribution in [0.3, 0.4) is 0 Å². The molecule has 0 bridgehead atoms. The third-order valence-electron chi connectivity index (χ3n) is 1.23. The molecule has 0 saturated heterocycles. The highest BCUT2D eigenvalue weighted by Gasteiger charge is 1.75. The first-order valence-electron chi connectivity index (χ1n) is 3.90. The van der Waals surface area contributed by atoms with Crippen LogP contribution in [0.15, 0.2) is 62.6 Å². The molecule has 0 amide bonds. The van der Waals surface area contributed by atoms with Crippen molar-refractivity contribution < 1.29 is 4.74 Å². The maximum Gasteiger partial charge on any atom is 0.0829 e. The van der Waals surface area contributed by atoms with E-state index in [9.17, 15) is 0 Å². The molecule has 1 aromatic carbocycles. The Hall–Kier alpha value is -1.76. The second-order valence-corrected chi connectivity index (χ2v) is 2.08. The van der Waals surface area contributed by atoms with Crippen molar-refractivity contribution in [3.63, 3.8) is 0 Å². The highest BCUT2D eigenvalue weighted by molar-refractivity contribution is 5.45. The molecule has 0 aromatic heterocycles. The minimum Gasteiger partial charge on any atom is -0.474 e. The molecule has 0 unspecified atom stereocenters. The maximum absolute atomic E-state index is 4.36. The van der Waals surface area contributed by atoms with E-state index in [1.165, 1.54) is 18.1 Å². The van der Waals surface area contributed by atoms with Gasteiger partial charge in [0.2, 0.25) is 0 Å². The molecule has 1 rings (SSSR count). The second-order valence-electron chi connectivity index (χ2n) is 2.08. The Balaban J connectivity index is 0.000000252. The van der Waals surface area contributed by atoms with Crippen LogP contribution in [0.5, 0.6) is 0 Å². The van der Waals surface area contributed by atoms with Crippen LogP contribution < -0.4 is 0 Å². The largest absolute Gasteiger partial charge is 0.474 e. The molecule has 1 nitrogen and oxygen atoms in total. The minimum absolute atomic E-state index is 1.17.